The van der Waals surface area contributed by atoms with E-state index in [1.807, 2.05) is 39.0 Å². The van der Waals surface area contributed by atoms with Gasteiger partial charge in [-0.05, 0) is 63.4 Å². The van der Waals surface area contributed by atoms with Crippen LogP contribution in [0, 0.1) is 6.92 Å². The SMILES string of the molecule is CCn1c(=O)n(CC)c2cc(N3CCCC3)c(NC(=O)Nc3cccc(Cl)c3C)cc21. The van der Waals surface area contributed by atoms with Gasteiger partial charge in [0.05, 0.1) is 22.4 Å². The van der Waals surface area contributed by atoms with Crippen LogP contribution >= 0.6 is 11.6 Å². The zero-order chi connectivity index (χ0) is 22.1. The molecule has 1 fully saturated rings. The Bertz CT molecular complexity index is 1190. The van der Waals surface area contributed by atoms with Gasteiger partial charge in [0.15, 0.2) is 0 Å². The normalized spacial score (nSPS) is 13.7. The van der Waals surface area contributed by atoms with Crippen molar-refractivity contribution in [3.05, 3.63) is 51.4 Å². The van der Waals surface area contributed by atoms with Crippen molar-refractivity contribution in [1.82, 2.24) is 9.13 Å². The van der Waals surface area contributed by atoms with Crippen molar-refractivity contribution in [1.29, 1.82) is 0 Å². The smallest absolute Gasteiger partial charge is 0.329 e. The van der Waals surface area contributed by atoms with E-state index in [0.29, 0.717) is 29.5 Å². The van der Waals surface area contributed by atoms with E-state index in [1.54, 1.807) is 21.3 Å². The number of hydrogen-bond donors (Lipinski definition) is 2. The number of benzene rings is 2. The fourth-order valence-corrected chi connectivity index (χ4v) is 4.47. The van der Waals surface area contributed by atoms with Crippen molar-refractivity contribution in [3.8, 4) is 0 Å². The highest BCUT2D eigenvalue weighted by molar-refractivity contribution is 6.31. The molecule has 0 aliphatic carbocycles. The quantitative estimate of drug-likeness (QED) is 0.582. The summed E-state index contributed by atoms with van der Waals surface area (Å²) in [4.78, 5) is 28.0. The first-order valence-electron chi connectivity index (χ1n) is 10.8. The Hall–Kier alpha value is -2.93. The van der Waals surface area contributed by atoms with Crippen LogP contribution in [0.15, 0.2) is 35.1 Å². The first-order chi connectivity index (χ1) is 14.9. The average molecular weight is 442 g/mol. The molecule has 0 radical (unpaired) electrons. The lowest BCUT2D eigenvalue weighted by Gasteiger charge is -2.22. The van der Waals surface area contributed by atoms with Crippen LogP contribution in [-0.2, 0) is 13.1 Å². The summed E-state index contributed by atoms with van der Waals surface area (Å²) in [7, 11) is 0. The number of aromatic nitrogens is 2. The molecule has 0 unspecified atom stereocenters. The van der Waals surface area contributed by atoms with Gasteiger partial charge in [0, 0.05) is 36.9 Å². The number of rotatable bonds is 5. The largest absolute Gasteiger partial charge is 0.370 e. The van der Waals surface area contributed by atoms with Crippen LogP contribution in [0.25, 0.3) is 11.0 Å². The van der Waals surface area contributed by atoms with Gasteiger partial charge in [-0.1, -0.05) is 17.7 Å². The lowest BCUT2D eigenvalue weighted by atomic mass is 10.2. The molecule has 0 bridgehead atoms. The minimum absolute atomic E-state index is 0.0245. The fraction of sp³-hybridized carbons (Fsp3) is 0.391. The lowest BCUT2D eigenvalue weighted by Crippen LogP contribution is -2.24. The van der Waals surface area contributed by atoms with Crippen molar-refractivity contribution in [3.63, 3.8) is 0 Å². The summed E-state index contributed by atoms with van der Waals surface area (Å²) in [6, 6.07) is 9.04. The van der Waals surface area contributed by atoms with Crippen LogP contribution in [0.2, 0.25) is 5.02 Å². The highest BCUT2D eigenvalue weighted by Crippen LogP contribution is 2.34. The number of imidazole rings is 1. The van der Waals surface area contributed by atoms with Gasteiger partial charge >= 0.3 is 11.7 Å². The van der Waals surface area contributed by atoms with Gasteiger partial charge in [-0.25, -0.2) is 9.59 Å². The maximum atomic E-state index is 12.9. The molecule has 2 heterocycles. The van der Waals surface area contributed by atoms with Gasteiger partial charge in [-0.3, -0.25) is 9.13 Å². The number of anilines is 3. The Morgan fingerprint density at radius 3 is 2.26 bits per heavy atom. The Morgan fingerprint density at radius 2 is 1.61 bits per heavy atom. The highest BCUT2D eigenvalue weighted by Gasteiger charge is 2.21. The van der Waals surface area contributed by atoms with Gasteiger partial charge < -0.3 is 15.5 Å². The number of amides is 2. The van der Waals surface area contributed by atoms with Crippen LogP contribution in [0.4, 0.5) is 21.9 Å². The van der Waals surface area contributed by atoms with E-state index in [2.05, 4.69) is 15.5 Å². The number of hydrogen-bond acceptors (Lipinski definition) is 3. The van der Waals surface area contributed by atoms with Crippen LogP contribution in [0.1, 0.15) is 32.3 Å². The van der Waals surface area contributed by atoms with E-state index < -0.39 is 0 Å². The van der Waals surface area contributed by atoms with Crippen LogP contribution in [-0.4, -0.2) is 28.3 Å². The van der Waals surface area contributed by atoms with Crippen molar-refractivity contribution in [2.24, 2.45) is 0 Å². The minimum atomic E-state index is -0.342. The van der Waals surface area contributed by atoms with Gasteiger partial charge in [0.2, 0.25) is 0 Å². The molecule has 7 nitrogen and oxygen atoms in total. The first kappa shape index (κ1) is 21.3. The van der Waals surface area contributed by atoms with E-state index >= 15 is 0 Å². The summed E-state index contributed by atoms with van der Waals surface area (Å²) < 4.78 is 3.54. The second-order valence-corrected chi connectivity index (χ2v) is 8.22. The topological polar surface area (TPSA) is 71.3 Å². The molecule has 1 aliphatic rings. The number of fused-ring (bicyclic) bond motifs is 1. The highest BCUT2D eigenvalue weighted by atomic mass is 35.5. The second kappa shape index (κ2) is 8.67. The van der Waals surface area contributed by atoms with E-state index in [-0.39, 0.29) is 11.7 Å². The Balaban J connectivity index is 1.76. The molecule has 0 saturated carbocycles. The number of nitrogens with zero attached hydrogens (tertiary/aromatic N) is 3. The van der Waals surface area contributed by atoms with Crippen molar-refractivity contribution in [2.75, 3.05) is 28.6 Å². The minimum Gasteiger partial charge on any atom is -0.370 e. The zero-order valence-electron chi connectivity index (χ0n) is 18.2. The predicted octanol–water partition coefficient (Wildman–Crippen LogP) is 5.05. The fourth-order valence-electron chi connectivity index (χ4n) is 4.30. The van der Waals surface area contributed by atoms with E-state index in [1.165, 1.54) is 0 Å². The lowest BCUT2D eigenvalue weighted by molar-refractivity contribution is 0.262. The Morgan fingerprint density at radius 1 is 1.00 bits per heavy atom. The van der Waals surface area contributed by atoms with Gasteiger partial charge in [-0.15, -0.1) is 0 Å². The molecular formula is C23H28ClN5O2. The van der Waals surface area contributed by atoms with Crippen molar-refractivity contribution < 1.29 is 4.79 Å². The Labute approximate surface area is 186 Å². The van der Waals surface area contributed by atoms with Crippen LogP contribution in [0.3, 0.4) is 0 Å². The Kier molecular flexibility index (Phi) is 5.96. The van der Waals surface area contributed by atoms with E-state index in [9.17, 15) is 9.59 Å². The summed E-state index contributed by atoms with van der Waals surface area (Å²) in [5.74, 6) is 0. The first-order valence-corrected chi connectivity index (χ1v) is 11.2. The molecule has 0 spiro atoms. The molecule has 2 N–H and O–H groups in total. The summed E-state index contributed by atoms with van der Waals surface area (Å²) in [6.45, 7) is 8.83. The standard InChI is InChI=1S/C23H28ClN5O2/c1-4-28-20-13-18(26-22(30)25-17-10-8-9-16(24)15(17)3)19(27-11-6-7-12-27)14-21(20)29(5-2)23(28)31/h8-10,13-14H,4-7,11-12H2,1-3H3,(H2,25,26,30). The predicted molar refractivity (Wildman–Crippen MR) is 128 cm³/mol. The molecule has 1 aromatic heterocycles. The molecule has 31 heavy (non-hydrogen) atoms. The number of aryl methyl sites for hydroxylation is 2. The summed E-state index contributed by atoms with van der Waals surface area (Å²) in [5, 5.41) is 6.51. The number of nitrogens with one attached hydrogen (secondary N) is 2. The molecule has 0 atom stereocenters. The number of urea groups is 1. The average Bonchev–Trinajstić information content (AvgIpc) is 3.36. The van der Waals surface area contributed by atoms with Gasteiger partial charge in [0.25, 0.3) is 0 Å². The molecule has 8 heteroatoms. The van der Waals surface area contributed by atoms with Crippen molar-refractivity contribution >= 4 is 45.7 Å². The van der Waals surface area contributed by atoms with Crippen molar-refractivity contribution in [2.45, 2.75) is 46.7 Å². The second-order valence-electron chi connectivity index (χ2n) is 7.81. The summed E-state index contributed by atoms with van der Waals surface area (Å²) >= 11 is 6.19. The number of halogens is 1. The summed E-state index contributed by atoms with van der Waals surface area (Å²) in [6.07, 6.45) is 2.23. The number of carbonyl (C=O) groups is 1. The molecule has 1 aliphatic heterocycles. The molecule has 4 rings (SSSR count). The molecule has 164 valence electrons. The molecule has 3 aromatic rings. The molecule has 2 aromatic carbocycles. The zero-order valence-corrected chi connectivity index (χ0v) is 18.9. The maximum absolute atomic E-state index is 12.9. The maximum Gasteiger partial charge on any atom is 0.329 e. The van der Waals surface area contributed by atoms with Crippen LogP contribution in [0.5, 0.6) is 0 Å². The van der Waals surface area contributed by atoms with E-state index in [4.69, 9.17) is 11.6 Å². The molecular weight excluding hydrogens is 414 g/mol. The third kappa shape index (κ3) is 3.90. The van der Waals surface area contributed by atoms with E-state index in [0.717, 1.165) is 48.2 Å². The van der Waals surface area contributed by atoms with Crippen LogP contribution < -0.4 is 21.2 Å². The summed E-state index contributed by atoms with van der Waals surface area (Å²) in [5.41, 5.74) is 4.81. The number of carbonyl (C=O) groups excluding carboxylic acids is 1. The van der Waals surface area contributed by atoms with Gasteiger partial charge in [-0.2, -0.15) is 0 Å². The monoisotopic (exact) mass is 441 g/mol. The third-order valence-corrected chi connectivity index (χ3v) is 6.39. The third-order valence-electron chi connectivity index (χ3n) is 5.98. The molecule has 2 amide bonds. The van der Waals surface area contributed by atoms with Gasteiger partial charge in [0.1, 0.15) is 0 Å². The molecule has 1 saturated heterocycles.